The molecule has 1 aliphatic rings. The predicted molar refractivity (Wildman–Crippen MR) is 115 cm³/mol. The van der Waals surface area contributed by atoms with Crippen LogP contribution in [0, 0.1) is 0 Å². The zero-order valence-corrected chi connectivity index (χ0v) is 17.2. The Balaban J connectivity index is 1.59. The first kappa shape index (κ1) is 20.6. The first-order valence-electron chi connectivity index (χ1n) is 10.2. The standard InChI is InChI=1S/C22H29N5O2/c1-3-23-22(25-17-18-8-10-19(11-9-18)21(28)29-4-2)27-15-13-26(14-16-27)20-7-5-6-12-24-20/h5-12H,3-4,13-17H2,1-2H3,(H,23,25). The van der Waals surface area contributed by atoms with Crippen LogP contribution in [-0.2, 0) is 11.3 Å². The second-order valence-electron chi connectivity index (χ2n) is 6.75. The van der Waals surface area contributed by atoms with Crippen LogP contribution < -0.4 is 10.2 Å². The second kappa shape index (κ2) is 10.5. The lowest BCUT2D eigenvalue weighted by Crippen LogP contribution is -2.52. The van der Waals surface area contributed by atoms with Crippen LogP contribution >= 0.6 is 0 Å². The Morgan fingerprint density at radius 3 is 2.48 bits per heavy atom. The summed E-state index contributed by atoms with van der Waals surface area (Å²) in [6, 6.07) is 13.5. The van der Waals surface area contributed by atoms with Crippen molar-refractivity contribution in [3.8, 4) is 0 Å². The van der Waals surface area contributed by atoms with Gasteiger partial charge < -0.3 is 19.9 Å². The lowest BCUT2D eigenvalue weighted by molar-refractivity contribution is 0.0526. The number of guanidine groups is 1. The molecular weight excluding hydrogens is 366 g/mol. The summed E-state index contributed by atoms with van der Waals surface area (Å²) in [4.78, 5) is 25.6. The van der Waals surface area contributed by atoms with Gasteiger partial charge >= 0.3 is 5.97 Å². The fraction of sp³-hybridized carbons (Fsp3) is 0.409. The fourth-order valence-electron chi connectivity index (χ4n) is 3.24. The number of piperazine rings is 1. The quantitative estimate of drug-likeness (QED) is 0.461. The van der Waals surface area contributed by atoms with Crippen LogP contribution in [0.25, 0.3) is 0 Å². The highest BCUT2D eigenvalue weighted by Gasteiger charge is 2.20. The summed E-state index contributed by atoms with van der Waals surface area (Å²) < 4.78 is 5.03. The Labute approximate surface area is 172 Å². The van der Waals surface area contributed by atoms with Crippen LogP contribution in [0.15, 0.2) is 53.7 Å². The first-order chi connectivity index (χ1) is 14.2. The molecule has 7 heteroatoms. The summed E-state index contributed by atoms with van der Waals surface area (Å²) >= 11 is 0. The van der Waals surface area contributed by atoms with E-state index in [1.807, 2.05) is 30.5 Å². The van der Waals surface area contributed by atoms with E-state index in [-0.39, 0.29) is 5.97 Å². The van der Waals surface area contributed by atoms with E-state index < -0.39 is 0 Å². The molecule has 29 heavy (non-hydrogen) atoms. The van der Waals surface area contributed by atoms with Crippen molar-refractivity contribution in [1.82, 2.24) is 15.2 Å². The number of aliphatic imine (C=N–C) groups is 1. The maximum atomic E-state index is 11.8. The van der Waals surface area contributed by atoms with Crippen LogP contribution in [-0.4, -0.2) is 61.1 Å². The maximum Gasteiger partial charge on any atom is 0.338 e. The molecule has 0 spiro atoms. The van der Waals surface area contributed by atoms with Crippen molar-refractivity contribution >= 4 is 17.7 Å². The van der Waals surface area contributed by atoms with Crippen LogP contribution in [0.1, 0.15) is 29.8 Å². The van der Waals surface area contributed by atoms with Crippen LogP contribution in [0.3, 0.4) is 0 Å². The van der Waals surface area contributed by atoms with Crippen molar-refractivity contribution in [2.45, 2.75) is 20.4 Å². The van der Waals surface area contributed by atoms with E-state index in [1.54, 1.807) is 19.1 Å². The van der Waals surface area contributed by atoms with E-state index in [1.165, 1.54) is 0 Å². The highest BCUT2D eigenvalue weighted by atomic mass is 16.5. The molecule has 0 aliphatic carbocycles. The second-order valence-corrected chi connectivity index (χ2v) is 6.75. The van der Waals surface area contributed by atoms with E-state index >= 15 is 0 Å². The number of benzene rings is 1. The monoisotopic (exact) mass is 395 g/mol. The highest BCUT2D eigenvalue weighted by Crippen LogP contribution is 2.13. The number of aromatic nitrogens is 1. The van der Waals surface area contributed by atoms with Gasteiger partial charge in [-0.2, -0.15) is 0 Å². The zero-order valence-electron chi connectivity index (χ0n) is 17.2. The molecule has 1 aromatic heterocycles. The molecule has 3 rings (SSSR count). The molecule has 0 saturated carbocycles. The van der Waals surface area contributed by atoms with E-state index in [4.69, 9.17) is 9.73 Å². The van der Waals surface area contributed by atoms with Crippen molar-refractivity contribution in [2.24, 2.45) is 4.99 Å². The third-order valence-electron chi connectivity index (χ3n) is 4.76. The number of pyridine rings is 1. The van der Waals surface area contributed by atoms with Gasteiger partial charge in [0.25, 0.3) is 0 Å². The van der Waals surface area contributed by atoms with E-state index in [9.17, 15) is 4.79 Å². The third kappa shape index (κ3) is 5.70. The molecule has 2 heterocycles. The largest absolute Gasteiger partial charge is 0.462 e. The lowest BCUT2D eigenvalue weighted by Gasteiger charge is -2.37. The van der Waals surface area contributed by atoms with Gasteiger partial charge in [-0.25, -0.2) is 14.8 Å². The summed E-state index contributed by atoms with van der Waals surface area (Å²) in [5, 5.41) is 3.39. The van der Waals surface area contributed by atoms with Gasteiger partial charge in [-0.1, -0.05) is 18.2 Å². The fourth-order valence-corrected chi connectivity index (χ4v) is 3.24. The molecule has 1 N–H and O–H groups in total. The normalized spacial score (nSPS) is 14.6. The Hall–Kier alpha value is -3.09. The van der Waals surface area contributed by atoms with Gasteiger partial charge in [-0.05, 0) is 43.7 Å². The number of anilines is 1. The third-order valence-corrected chi connectivity index (χ3v) is 4.76. The molecule has 0 bridgehead atoms. The summed E-state index contributed by atoms with van der Waals surface area (Å²) in [5.41, 5.74) is 1.62. The SMILES string of the molecule is CCNC(=NCc1ccc(C(=O)OCC)cc1)N1CCN(c2ccccn2)CC1. The summed E-state index contributed by atoms with van der Waals surface area (Å²) in [6.45, 7) is 9.25. The molecule has 1 aliphatic heterocycles. The van der Waals surface area contributed by atoms with E-state index in [0.29, 0.717) is 18.7 Å². The molecule has 0 unspecified atom stereocenters. The maximum absolute atomic E-state index is 11.8. The Morgan fingerprint density at radius 1 is 1.10 bits per heavy atom. The number of esters is 1. The van der Waals surface area contributed by atoms with Crippen molar-refractivity contribution in [2.75, 3.05) is 44.2 Å². The van der Waals surface area contributed by atoms with E-state index in [2.05, 4.69) is 33.1 Å². The average Bonchev–Trinajstić information content (AvgIpc) is 2.78. The minimum Gasteiger partial charge on any atom is -0.462 e. The molecule has 0 amide bonds. The molecule has 154 valence electrons. The molecule has 1 fully saturated rings. The number of carbonyl (C=O) groups is 1. The molecular formula is C22H29N5O2. The number of ether oxygens (including phenoxy) is 1. The Morgan fingerprint density at radius 2 is 1.86 bits per heavy atom. The van der Waals surface area contributed by atoms with E-state index in [0.717, 1.165) is 50.1 Å². The van der Waals surface area contributed by atoms with Crippen LogP contribution in [0.2, 0.25) is 0 Å². The van der Waals surface area contributed by atoms with Crippen LogP contribution in [0.4, 0.5) is 5.82 Å². The molecule has 0 atom stereocenters. The van der Waals surface area contributed by atoms with Gasteiger partial charge in [0.15, 0.2) is 5.96 Å². The van der Waals surface area contributed by atoms with Gasteiger partial charge in [0.2, 0.25) is 0 Å². The zero-order chi connectivity index (χ0) is 20.5. The summed E-state index contributed by atoms with van der Waals surface area (Å²) in [6.07, 6.45) is 1.83. The van der Waals surface area contributed by atoms with Gasteiger partial charge in [0, 0.05) is 38.9 Å². The minimum absolute atomic E-state index is 0.290. The Bertz CT molecular complexity index is 800. The number of rotatable bonds is 6. The summed E-state index contributed by atoms with van der Waals surface area (Å²) in [7, 11) is 0. The smallest absolute Gasteiger partial charge is 0.338 e. The first-order valence-corrected chi connectivity index (χ1v) is 10.2. The number of hydrogen-bond acceptors (Lipinski definition) is 5. The molecule has 7 nitrogen and oxygen atoms in total. The average molecular weight is 396 g/mol. The molecule has 1 aromatic carbocycles. The highest BCUT2D eigenvalue weighted by molar-refractivity contribution is 5.89. The van der Waals surface area contributed by atoms with Gasteiger partial charge in [0.1, 0.15) is 5.82 Å². The topological polar surface area (TPSA) is 70.1 Å². The number of nitrogens with zero attached hydrogens (tertiary/aromatic N) is 4. The predicted octanol–water partition coefficient (Wildman–Crippen LogP) is 2.55. The molecule has 0 radical (unpaired) electrons. The molecule has 2 aromatic rings. The Kier molecular flexibility index (Phi) is 7.44. The number of nitrogens with one attached hydrogen (secondary N) is 1. The van der Waals surface area contributed by atoms with Crippen molar-refractivity contribution in [3.63, 3.8) is 0 Å². The molecule has 1 saturated heterocycles. The van der Waals surface area contributed by atoms with Crippen molar-refractivity contribution in [1.29, 1.82) is 0 Å². The number of hydrogen-bond donors (Lipinski definition) is 1. The van der Waals surface area contributed by atoms with Crippen molar-refractivity contribution < 1.29 is 9.53 Å². The van der Waals surface area contributed by atoms with Gasteiger partial charge in [0.05, 0.1) is 18.7 Å². The van der Waals surface area contributed by atoms with Gasteiger partial charge in [-0.15, -0.1) is 0 Å². The lowest BCUT2D eigenvalue weighted by atomic mass is 10.1. The number of carbonyl (C=O) groups excluding carboxylic acids is 1. The summed E-state index contributed by atoms with van der Waals surface area (Å²) in [5.74, 6) is 1.65. The van der Waals surface area contributed by atoms with Gasteiger partial charge in [-0.3, -0.25) is 0 Å². The van der Waals surface area contributed by atoms with Crippen molar-refractivity contribution in [3.05, 3.63) is 59.8 Å². The van der Waals surface area contributed by atoms with Crippen LogP contribution in [0.5, 0.6) is 0 Å². The minimum atomic E-state index is -0.290.